The van der Waals surface area contributed by atoms with Crippen LogP contribution >= 0.6 is 22.9 Å². The van der Waals surface area contributed by atoms with Crippen LogP contribution in [0.15, 0.2) is 47.2 Å². The van der Waals surface area contributed by atoms with E-state index in [0.29, 0.717) is 0 Å². The van der Waals surface area contributed by atoms with Gasteiger partial charge in [-0.2, -0.15) is 0 Å². The molecule has 10 heteroatoms. The molecule has 1 N–H and O–H groups in total. The monoisotopic (exact) mass is 421 g/mol. The Balaban J connectivity index is 2.43. The molecular weight excluding hydrogens is 408 g/mol. The molecule has 0 aliphatic carbocycles. The molecule has 0 spiro atoms. The molecule has 1 heterocycles. The van der Waals surface area contributed by atoms with Crippen LogP contribution in [0.25, 0.3) is 0 Å². The first kappa shape index (κ1) is 20.3. The molecule has 0 unspecified atom stereocenters. The summed E-state index contributed by atoms with van der Waals surface area (Å²) in [5, 5.41) is 1.33. The number of sulfonamides is 1. The first-order valence-electron chi connectivity index (χ1n) is 7.09. The predicted octanol–water partition coefficient (Wildman–Crippen LogP) is 4.66. The summed E-state index contributed by atoms with van der Waals surface area (Å²) in [6.45, 7) is 3.27. The van der Waals surface area contributed by atoms with Gasteiger partial charge in [-0.05, 0) is 12.1 Å². The number of alkyl halides is 2. The normalized spacial score (nSPS) is 11.8. The minimum absolute atomic E-state index is 0.0158. The van der Waals surface area contributed by atoms with Crippen molar-refractivity contribution in [1.29, 1.82) is 0 Å². The van der Waals surface area contributed by atoms with Gasteiger partial charge in [-0.1, -0.05) is 29.8 Å². The summed E-state index contributed by atoms with van der Waals surface area (Å²) in [7, 11) is -3.13. The van der Waals surface area contributed by atoms with E-state index in [0.717, 1.165) is 42.7 Å². The number of esters is 1. The molecule has 5 nitrogen and oxygen atoms in total. The number of ether oxygens (including phenoxy) is 1. The van der Waals surface area contributed by atoms with Gasteiger partial charge in [0.15, 0.2) is 0 Å². The smallest absolute Gasteiger partial charge is 0.340 e. The van der Waals surface area contributed by atoms with Crippen LogP contribution in [0, 0.1) is 0 Å². The SMILES string of the molecule is C=CCC(F)(F)c1cccc(S(=O)(=O)Nc2c(C(=O)OC)csc2Cl)c1. The first-order chi connectivity index (χ1) is 12.1. The van der Waals surface area contributed by atoms with Crippen molar-refractivity contribution in [2.75, 3.05) is 11.8 Å². The molecule has 0 bridgehead atoms. The number of rotatable bonds is 7. The van der Waals surface area contributed by atoms with E-state index in [1.165, 1.54) is 11.4 Å². The number of carbonyl (C=O) groups is 1. The van der Waals surface area contributed by atoms with Gasteiger partial charge in [0.05, 0.1) is 23.3 Å². The van der Waals surface area contributed by atoms with Crippen LogP contribution in [0.1, 0.15) is 22.3 Å². The minimum atomic E-state index is -4.26. The van der Waals surface area contributed by atoms with E-state index in [1.807, 2.05) is 0 Å². The van der Waals surface area contributed by atoms with Crippen molar-refractivity contribution in [3.05, 3.63) is 57.8 Å². The summed E-state index contributed by atoms with van der Waals surface area (Å²) >= 11 is 6.87. The van der Waals surface area contributed by atoms with Crippen LogP contribution in [0.3, 0.4) is 0 Å². The molecule has 0 fully saturated rings. The van der Waals surface area contributed by atoms with Gasteiger partial charge in [0.25, 0.3) is 15.9 Å². The lowest BCUT2D eigenvalue weighted by atomic mass is 10.1. The Morgan fingerprint density at radius 3 is 2.77 bits per heavy atom. The first-order valence-corrected chi connectivity index (χ1v) is 9.84. The Labute approximate surface area is 158 Å². The zero-order valence-electron chi connectivity index (χ0n) is 13.5. The van der Waals surface area contributed by atoms with Gasteiger partial charge in [-0.3, -0.25) is 4.72 Å². The van der Waals surface area contributed by atoms with Crippen molar-refractivity contribution in [2.24, 2.45) is 0 Å². The highest BCUT2D eigenvalue weighted by atomic mass is 35.5. The third-order valence-corrected chi connectivity index (χ3v) is 5.92. The fraction of sp³-hybridized carbons (Fsp3) is 0.188. The minimum Gasteiger partial charge on any atom is -0.465 e. The van der Waals surface area contributed by atoms with Gasteiger partial charge in [-0.25, -0.2) is 22.0 Å². The van der Waals surface area contributed by atoms with E-state index < -0.39 is 38.8 Å². The van der Waals surface area contributed by atoms with E-state index in [1.54, 1.807) is 0 Å². The van der Waals surface area contributed by atoms with E-state index >= 15 is 0 Å². The van der Waals surface area contributed by atoms with Crippen LogP contribution in [0.5, 0.6) is 0 Å². The van der Waals surface area contributed by atoms with E-state index in [4.69, 9.17) is 11.6 Å². The molecule has 0 radical (unpaired) electrons. The topological polar surface area (TPSA) is 72.5 Å². The van der Waals surface area contributed by atoms with Crippen LogP contribution < -0.4 is 4.72 Å². The largest absolute Gasteiger partial charge is 0.465 e. The number of hydrogen-bond donors (Lipinski definition) is 1. The number of nitrogens with one attached hydrogen (secondary N) is 1. The highest BCUT2D eigenvalue weighted by Crippen LogP contribution is 2.36. The summed E-state index contributed by atoms with van der Waals surface area (Å²) in [5.74, 6) is -4.04. The van der Waals surface area contributed by atoms with Gasteiger partial charge in [0.2, 0.25) is 0 Å². The molecule has 0 aliphatic heterocycles. The van der Waals surface area contributed by atoms with Crippen molar-refractivity contribution in [3.8, 4) is 0 Å². The fourth-order valence-electron chi connectivity index (χ4n) is 2.07. The van der Waals surface area contributed by atoms with Gasteiger partial charge in [0, 0.05) is 17.4 Å². The lowest BCUT2D eigenvalue weighted by Crippen LogP contribution is -2.17. The van der Waals surface area contributed by atoms with Crippen LogP contribution in [-0.4, -0.2) is 21.5 Å². The quantitative estimate of drug-likeness (QED) is 0.521. The predicted molar refractivity (Wildman–Crippen MR) is 96.6 cm³/mol. The Bertz CT molecular complexity index is 941. The molecule has 0 saturated carbocycles. The molecule has 1 aromatic carbocycles. The van der Waals surface area contributed by atoms with Gasteiger partial charge < -0.3 is 4.74 Å². The molecule has 140 valence electrons. The third kappa shape index (κ3) is 4.22. The lowest BCUT2D eigenvalue weighted by Gasteiger charge is -2.16. The highest BCUT2D eigenvalue weighted by Gasteiger charge is 2.31. The number of halogens is 3. The zero-order valence-corrected chi connectivity index (χ0v) is 15.9. The van der Waals surface area contributed by atoms with Gasteiger partial charge in [0.1, 0.15) is 4.34 Å². The van der Waals surface area contributed by atoms with E-state index in [2.05, 4.69) is 16.0 Å². The number of thiophene rings is 1. The number of benzene rings is 1. The van der Waals surface area contributed by atoms with Crippen LogP contribution in [-0.2, 0) is 20.7 Å². The van der Waals surface area contributed by atoms with Crippen molar-refractivity contribution in [3.63, 3.8) is 0 Å². The highest BCUT2D eigenvalue weighted by molar-refractivity contribution is 7.92. The number of carbonyl (C=O) groups excluding carboxylic acids is 1. The summed E-state index contributed by atoms with van der Waals surface area (Å²) in [5.41, 5.74) is -0.698. The van der Waals surface area contributed by atoms with E-state index in [9.17, 15) is 22.0 Å². The number of hydrogen-bond acceptors (Lipinski definition) is 5. The van der Waals surface area contributed by atoms with Gasteiger partial charge >= 0.3 is 5.97 Å². The average Bonchev–Trinajstić information content (AvgIpc) is 2.94. The Kier molecular flexibility index (Phi) is 6.05. The van der Waals surface area contributed by atoms with Crippen molar-refractivity contribution < 1.29 is 26.7 Å². The fourth-order valence-corrected chi connectivity index (χ4v) is 4.33. The van der Waals surface area contributed by atoms with Crippen molar-refractivity contribution in [1.82, 2.24) is 0 Å². The van der Waals surface area contributed by atoms with Crippen molar-refractivity contribution >= 4 is 44.6 Å². The Hall–Kier alpha value is -1.97. The summed E-state index contributed by atoms with van der Waals surface area (Å²) in [6, 6.07) is 4.36. The third-order valence-electron chi connectivity index (χ3n) is 3.36. The lowest BCUT2D eigenvalue weighted by molar-refractivity contribution is -0.00107. The second-order valence-electron chi connectivity index (χ2n) is 5.12. The molecule has 2 rings (SSSR count). The Morgan fingerprint density at radius 1 is 1.46 bits per heavy atom. The molecule has 0 amide bonds. The number of methoxy groups -OCH3 is 1. The molecule has 2 aromatic rings. The average molecular weight is 422 g/mol. The van der Waals surface area contributed by atoms with Crippen LogP contribution in [0.4, 0.5) is 14.5 Å². The molecule has 1 aromatic heterocycles. The van der Waals surface area contributed by atoms with Crippen LogP contribution in [0.2, 0.25) is 4.34 Å². The Morgan fingerprint density at radius 2 is 2.15 bits per heavy atom. The summed E-state index contributed by atoms with van der Waals surface area (Å²) < 4.78 is 59.9. The maximum atomic E-state index is 14.0. The second kappa shape index (κ2) is 7.73. The summed E-state index contributed by atoms with van der Waals surface area (Å²) in [6.07, 6.45) is 0.417. The molecule has 0 aliphatic rings. The standard InChI is InChI=1S/C16H14ClF2NO4S2/c1-3-7-16(18,19)10-5-4-6-11(8-10)26(22,23)20-13-12(15(21)24-2)9-25-14(13)17/h3-6,8-9,20H,1,7H2,2H3. The number of allylic oxidation sites excluding steroid dienone is 1. The molecule has 26 heavy (non-hydrogen) atoms. The summed E-state index contributed by atoms with van der Waals surface area (Å²) in [4.78, 5) is 11.3. The second-order valence-corrected chi connectivity index (χ2v) is 8.28. The number of anilines is 1. The molecular formula is C16H14ClF2NO4S2. The maximum absolute atomic E-state index is 14.0. The zero-order chi connectivity index (χ0) is 19.5. The molecule has 0 saturated heterocycles. The van der Waals surface area contributed by atoms with Crippen molar-refractivity contribution in [2.45, 2.75) is 17.2 Å². The van der Waals surface area contributed by atoms with E-state index in [-0.39, 0.29) is 15.6 Å². The molecule has 0 atom stereocenters. The van der Waals surface area contributed by atoms with Gasteiger partial charge in [-0.15, -0.1) is 17.9 Å². The maximum Gasteiger partial charge on any atom is 0.340 e.